The lowest BCUT2D eigenvalue weighted by Gasteiger charge is -2.10. The first kappa shape index (κ1) is 16.0. The minimum atomic E-state index is -0.624. The molecule has 124 valence electrons. The highest BCUT2D eigenvalue weighted by Gasteiger charge is 2.24. The minimum Gasteiger partial charge on any atom is -0.462 e. The van der Waals surface area contributed by atoms with Crippen LogP contribution in [-0.4, -0.2) is 27.1 Å². The van der Waals surface area contributed by atoms with Crippen LogP contribution in [0.1, 0.15) is 30.0 Å². The van der Waals surface area contributed by atoms with Crippen molar-refractivity contribution in [1.82, 2.24) is 14.5 Å². The molecule has 6 heteroatoms. The highest BCUT2D eigenvalue weighted by molar-refractivity contribution is 5.99. The molecule has 0 atom stereocenters. The van der Waals surface area contributed by atoms with Crippen LogP contribution in [0.5, 0.6) is 0 Å². The summed E-state index contributed by atoms with van der Waals surface area (Å²) in [6.45, 7) is 6.29. The molecule has 3 rings (SSSR count). The minimum absolute atomic E-state index is 0.0187. The van der Waals surface area contributed by atoms with Crippen LogP contribution in [0.25, 0.3) is 22.4 Å². The van der Waals surface area contributed by atoms with Crippen LogP contribution in [0.15, 0.2) is 35.1 Å². The number of hydrogen-bond donors (Lipinski definition) is 1. The summed E-state index contributed by atoms with van der Waals surface area (Å²) in [5, 5.41) is 0. The van der Waals surface area contributed by atoms with Gasteiger partial charge in [0.25, 0.3) is 0 Å². The fourth-order valence-corrected chi connectivity index (χ4v) is 2.90. The van der Waals surface area contributed by atoms with E-state index < -0.39 is 5.97 Å². The number of aromatic amines is 1. The average Bonchev–Trinajstić information content (AvgIpc) is 2.91. The first-order valence-electron chi connectivity index (χ1n) is 7.94. The Kier molecular flexibility index (Phi) is 4.20. The van der Waals surface area contributed by atoms with E-state index in [4.69, 9.17) is 4.74 Å². The van der Waals surface area contributed by atoms with E-state index in [1.165, 1.54) is 0 Å². The van der Waals surface area contributed by atoms with Crippen LogP contribution in [0.4, 0.5) is 0 Å². The highest BCUT2D eigenvalue weighted by atomic mass is 16.5. The second-order valence-corrected chi connectivity index (χ2v) is 5.39. The van der Waals surface area contributed by atoms with Crippen LogP contribution in [0.3, 0.4) is 0 Å². The van der Waals surface area contributed by atoms with Crippen molar-refractivity contribution in [2.45, 2.75) is 27.3 Å². The third kappa shape index (κ3) is 2.50. The molecule has 1 aromatic carbocycles. The number of imidazole rings is 1. The van der Waals surface area contributed by atoms with Crippen molar-refractivity contribution in [3.63, 3.8) is 0 Å². The zero-order chi connectivity index (χ0) is 17.3. The van der Waals surface area contributed by atoms with Gasteiger partial charge in [0, 0.05) is 6.54 Å². The van der Waals surface area contributed by atoms with Crippen molar-refractivity contribution >= 4 is 17.1 Å². The van der Waals surface area contributed by atoms with Crippen LogP contribution in [-0.2, 0) is 11.3 Å². The number of aryl methyl sites for hydroxylation is 2. The number of fused-ring (bicyclic) bond motifs is 1. The molecule has 0 aliphatic heterocycles. The van der Waals surface area contributed by atoms with E-state index in [-0.39, 0.29) is 17.6 Å². The zero-order valence-electron chi connectivity index (χ0n) is 13.9. The number of nitrogens with one attached hydrogen (secondary N) is 1. The van der Waals surface area contributed by atoms with Gasteiger partial charge in [-0.1, -0.05) is 30.3 Å². The molecule has 3 aromatic rings. The Morgan fingerprint density at radius 2 is 1.96 bits per heavy atom. The van der Waals surface area contributed by atoms with Crippen molar-refractivity contribution in [3.05, 3.63) is 51.9 Å². The lowest BCUT2D eigenvalue weighted by atomic mass is 10.0. The van der Waals surface area contributed by atoms with Gasteiger partial charge in [-0.15, -0.1) is 0 Å². The summed E-state index contributed by atoms with van der Waals surface area (Å²) in [6.07, 6.45) is 0. The molecular weight excluding hydrogens is 306 g/mol. The number of benzene rings is 1. The van der Waals surface area contributed by atoms with Gasteiger partial charge >= 0.3 is 5.97 Å². The maximum Gasteiger partial charge on any atom is 0.344 e. The summed E-state index contributed by atoms with van der Waals surface area (Å²) < 4.78 is 6.91. The standard InChI is InChI=1S/C18H19N3O3/c1-4-21-11(3)19-17-15(21)16(22)13(18(23)24-5-2)14(20-17)12-9-7-6-8-10-12/h6-10H,4-5H2,1-3H3,(H,20,22). The summed E-state index contributed by atoms with van der Waals surface area (Å²) >= 11 is 0. The predicted molar refractivity (Wildman–Crippen MR) is 92.2 cm³/mol. The molecule has 0 saturated carbocycles. The quantitative estimate of drug-likeness (QED) is 0.748. The second kappa shape index (κ2) is 6.31. The fourth-order valence-electron chi connectivity index (χ4n) is 2.90. The number of hydrogen-bond acceptors (Lipinski definition) is 4. The third-order valence-corrected chi connectivity index (χ3v) is 3.95. The zero-order valence-corrected chi connectivity index (χ0v) is 13.9. The Balaban J connectivity index is 2.40. The smallest absolute Gasteiger partial charge is 0.344 e. The maximum absolute atomic E-state index is 13.1. The molecule has 0 saturated heterocycles. The Bertz CT molecular complexity index is 955. The van der Waals surface area contributed by atoms with Crippen molar-refractivity contribution < 1.29 is 9.53 Å². The molecule has 2 aromatic heterocycles. The number of carbonyl (C=O) groups excluding carboxylic acids is 1. The van der Waals surface area contributed by atoms with Crippen molar-refractivity contribution in [3.8, 4) is 11.3 Å². The van der Waals surface area contributed by atoms with Gasteiger partial charge in [0.15, 0.2) is 5.65 Å². The molecule has 6 nitrogen and oxygen atoms in total. The molecule has 0 aliphatic rings. The number of rotatable bonds is 4. The summed E-state index contributed by atoms with van der Waals surface area (Å²) in [6, 6.07) is 9.25. The number of pyridine rings is 1. The predicted octanol–water partition coefficient (Wildman–Crippen LogP) is 2.90. The Morgan fingerprint density at radius 3 is 2.58 bits per heavy atom. The van der Waals surface area contributed by atoms with Gasteiger partial charge in [0.05, 0.1) is 12.3 Å². The van der Waals surface area contributed by atoms with Gasteiger partial charge in [-0.2, -0.15) is 0 Å². The lowest BCUT2D eigenvalue weighted by Crippen LogP contribution is -2.22. The molecule has 0 radical (unpaired) electrons. The number of H-pyrrole nitrogens is 1. The van der Waals surface area contributed by atoms with E-state index in [0.29, 0.717) is 23.4 Å². The van der Waals surface area contributed by atoms with E-state index in [1.807, 2.05) is 44.2 Å². The van der Waals surface area contributed by atoms with E-state index in [0.717, 1.165) is 11.4 Å². The first-order valence-corrected chi connectivity index (χ1v) is 7.94. The number of nitrogens with zero attached hydrogens (tertiary/aromatic N) is 2. The fraction of sp³-hybridized carbons (Fsp3) is 0.278. The molecule has 2 heterocycles. The van der Waals surface area contributed by atoms with E-state index in [2.05, 4.69) is 9.97 Å². The van der Waals surface area contributed by atoms with Crippen LogP contribution >= 0.6 is 0 Å². The van der Waals surface area contributed by atoms with Crippen LogP contribution in [0.2, 0.25) is 0 Å². The van der Waals surface area contributed by atoms with Gasteiger partial charge in [-0.3, -0.25) is 4.79 Å². The molecule has 0 bridgehead atoms. The molecule has 0 spiro atoms. The van der Waals surface area contributed by atoms with Crippen molar-refractivity contribution in [2.24, 2.45) is 0 Å². The summed E-state index contributed by atoms with van der Waals surface area (Å²) in [5.41, 5.74) is 1.72. The molecule has 0 amide bonds. The summed E-state index contributed by atoms with van der Waals surface area (Å²) in [4.78, 5) is 33.1. The summed E-state index contributed by atoms with van der Waals surface area (Å²) in [5.74, 6) is 0.0990. The molecule has 1 N–H and O–H groups in total. The first-order chi connectivity index (χ1) is 11.6. The summed E-state index contributed by atoms with van der Waals surface area (Å²) in [7, 11) is 0. The van der Waals surface area contributed by atoms with Crippen molar-refractivity contribution in [2.75, 3.05) is 6.61 Å². The second-order valence-electron chi connectivity index (χ2n) is 5.39. The molecule has 0 aliphatic carbocycles. The van der Waals surface area contributed by atoms with Gasteiger partial charge in [0.2, 0.25) is 5.43 Å². The SMILES string of the molecule is CCOC(=O)c1c(-c2ccccc2)[nH]c2nc(C)n(CC)c2c1=O. The van der Waals surface area contributed by atoms with Gasteiger partial charge < -0.3 is 14.3 Å². The van der Waals surface area contributed by atoms with Gasteiger partial charge in [-0.05, 0) is 26.3 Å². The number of aromatic nitrogens is 3. The Morgan fingerprint density at radius 1 is 1.25 bits per heavy atom. The maximum atomic E-state index is 13.1. The Labute approximate surface area is 139 Å². The van der Waals surface area contributed by atoms with E-state index in [1.54, 1.807) is 11.5 Å². The molecule has 0 fully saturated rings. The topological polar surface area (TPSA) is 77.0 Å². The monoisotopic (exact) mass is 325 g/mol. The highest BCUT2D eigenvalue weighted by Crippen LogP contribution is 2.23. The number of esters is 1. The Hall–Kier alpha value is -2.89. The van der Waals surface area contributed by atoms with Crippen LogP contribution in [0, 0.1) is 6.92 Å². The van der Waals surface area contributed by atoms with E-state index >= 15 is 0 Å². The lowest BCUT2D eigenvalue weighted by molar-refractivity contribution is 0.0525. The van der Waals surface area contributed by atoms with Crippen LogP contribution < -0.4 is 5.43 Å². The number of carbonyl (C=O) groups is 1. The van der Waals surface area contributed by atoms with Gasteiger partial charge in [0.1, 0.15) is 16.9 Å². The molecular formula is C18H19N3O3. The number of ether oxygens (including phenoxy) is 1. The van der Waals surface area contributed by atoms with E-state index in [9.17, 15) is 9.59 Å². The average molecular weight is 325 g/mol. The normalized spacial score (nSPS) is 11.0. The largest absolute Gasteiger partial charge is 0.462 e. The molecule has 0 unspecified atom stereocenters. The van der Waals surface area contributed by atoms with Gasteiger partial charge in [-0.25, -0.2) is 9.78 Å². The third-order valence-electron chi connectivity index (χ3n) is 3.95. The van der Waals surface area contributed by atoms with Crippen molar-refractivity contribution in [1.29, 1.82) is 0 Å². The molecule has 24 heavy (non-hydrogen) atoms.